The van der Waals surface area contributed by atoms with Crippen molar-refractivity contribution in [1.82, 2.24) is 0 Å². The molecular formula is C24H23F3N2O7. The summed E-state index contributed by atoms with van der Waals surface area (Å²) in [7, 11) is 0. The van der Waals surface area contributed by atoms with Crippen LogP contribution in [0.4, 0.5) is 18.9 Å². The summed E-state index contributed by atoms with van der Waals surface area (Å²) in [4.78, 5) is 49.7. The molecule has 0 fully saturated rings. The smallest absolute Gasteiger partial charge is 0.491 e. The Labute approximate surface area is 203 Å². The van der Waals surface area contributed by atoms with Gasteiger partial charge in [-0.2, -0.15) is 13.2 Å². The number of benzene rings is 2. The van der Waals surface area contributed by atoms with E-state index in [1.54, 1.807) is 13.8 Å². The maximum absolute atomic E-state index is 13.2. The SMILES string of the molecule is CC(C)[C@H](N)C(=O)OCCCNc1ccc(OC(=O)C(F)(F)F)c2c1C(=O)c1c(O)cccc1C2=O. The van der Waals surface area contributed by atoms with E-state index in [0.29, 0.717) is 0 Å². The Morgan fingerprint density at radius 3 is 2.39 bits per heavy atom. The lowest BCUT2D eigenvalue weighted by Gasteiger charge is -2.23. The second-order valence-corrected chi connectivity index (χ2v) is 8.32. The van der Waals surface area contributed by atoms with Crippen molar-refractivity contribution in [2.24, 2.45) is 11.7 Å². The van der Waals surface area contributed by atoms with E-state index >= 15 is 0 Å². The van der Waals surface area contributed by atoms with Crippen molar-refractivity contribution in [2.75, 3.05) is 18.5 Å². The molecule has 1 atom stereocenters. The minimum Gasteiger partial charge on any atom is -0.507 e. The van der Waals surface area contributed by atoms with Gasteiger partial charge in [0, 0.05) is 17.8 Å². The lowest BCUT2D eigenvalue weighted by atomic mass is 9.82. The highest BCUT2D eigenvalue weighted by molar-refractivity contribution is 6.32. The number of ketones is 2. The normalized spacial score (nSPS) is 13.6. The molecule has 9 nitrogen and oxygen atoms in total. The van der Waals surface area contributed by atoms with Crippen molar-refractivity contribution >= 4 is 29.2 Å². The number of hydrogen-bond donors (Lipinski definition) is 3. The largest absolute Gasteiger partial charge is 0.507 e. The second kappa shape index (κ2) is 10.4. The highest BCUT2D eigenvalue weighted by atomic mass is 19.4. The molecule has 2 aromatic rings. The van der Waals surface area contributed by atoms with Gasteiger partial charge in [-0.25, -0.2) is 4.79 Å². The van der Waals surface area contributed by atoms with Crippen LogP contribution >= 0.6 is 0 Å². The molecule has 0 amide bonds. The van der Waals surface area contributed by atoms with Crippen molar-refractivity contribution in [3.05, 3.63) is 52.6 Å². The minimum atomic E-state index is -5.34. The molecule has 0 unspecified atom stereocenters. The molecular weight excluding hydrogens is 485 g/mol. The van der Waals surface area contributed by atoms with Crippen LogP contribution in [0.5, 0.6) is 11.5 Å². The fourth-order valence-electron chi connectivity index (χ4n) is 3.50. The van der Waals surface area contributed by atoms with Gasteiger partial charge in [0.15, 0.2) is 11.6 Å². The molecule has 36 heavy (non-hydrogen) atoms. The van der Waals surface area contributed by atoms with E-state index in [1.165, 1.54) is 24.3 Å². The van der Waals surface area contributed by atoms with E-state index in [4.69, 9.17) is 10.5 Å². The van der Waals surface area contributed by atoms with Crippen molar-refractivity contribution in [3.8, 4) is 11.5 Å². The Hall–Kier alpha value is -3.93. The highest BCUT2D eigenvalue weighted by Gasteiger charge is 2.43. The quantitative estimate of drug-likeness (QED) is 0.238. The van der Waals surface area contributed by atoms with Crippen LogP contribution in [-0.4, -0.2) is 54.0 Å². The van der Waals surface area contributed by atoms with Crippen molar-refractivity contribution in [2.45, 2.75) is 32.5 Å². The van der Waals surface area contributed by atoms with Crippen LogP contribution in [0, 0.1) is 5.92 Å². The summed E-state index contributed by atoms with van der Waals surface area (Å²) in [6, 6.07) is 5.06. The average Bonchev–Trinajstić information content (AvgIpc) is 2.81. The first-order chi connectivity index (χ1) is 16.8. The number of nitrogens with one attached hydrogen (secondary N) is 1. The van der Waals surface area contributed by atoms with E-state index in [2.05, 4.69) is 10.1 Å². The third-order valence-corrected chi connectivity index (χ3v) is 5.44. The summed E-state index contributed by atoms with van der Waals surface area (Å²) in [5, 5.41) is 13.0. The third-order valence-electron chi connectivity index (χ3n) is 5.44. The molecule has 0 spiro atoms. The lowest BCUT2D eigenvalue weighted by Crippen LogP contribution is -2.37. The number of halogens is 3. The Morgan fingerprint density at radius 2 is 1.75 bits per heavy atom. The summed E-state index contributed by atoms with van der Waals surface area (Å²) < 4.78 is 47.9. The van der Waals surface area contributed by atoms with Gasteiger partial charge in [0.2, 0.25) is 0 Å². The molecule has 0 saturated carbocycles. The summed E-state index contributed by atoms with van der Waals surface area (Å²) in [6.07, 6.45) is -5.07. The Morgan fingerprint density at radius 1 is 1.06 bits per heavy atom. The minimum absolute atomic E-state index is 0.00772. The number of carbonyl (C=O) groups excluding carboxylic acids is 4. The number of hydrogen-bond acceptors (Lipinski definition) is 9. The summed E-state index contributed by atoms with van der Waals surface area (Å²) >= 11 is 0. The molecule has 192 valence electrons. The molecule has 2 aromatic carbocycles. The monoisotopic (exact) mass is 508 g/mol. The van der Waals surface area contributed by atoms with Crippen LogP contribution in [0.25, 0.3) is 0 Å². The zero-order chi connectivity index (χ0) is 26.8. The van der Waals surface area contributed by atoms with E-state index in [-0.39, 0.29) is 47.9 Å². The van der Waals surface area contributed by atoms with Crippen LogP contribution in [0.1, 0.15) is 52.1 Å². The van der Waals surface area contributed by atoms with Gasteiger partial charge in [-0.05, 0) is 30.5 Å². The van der Waals surface area contributed by atoms with Crippen molar-refractivity contribution < 1.29 is 46.9 Å². The fraction of sp³-hybridized carbons (Fsp3) is 0.333. The molecule has 0 radical (unpaired) electrons. The van der Waals surface area contributed by atoms with Gasteiger partial charge in [-0.15, -0.1) is 0 Å². The second-order valence-electron chi connectivity index (χ2n) is 8.32. The van der Waals surface area contributed by atoms with E-state index < -0.39 is 52.8 Å². The van der Waals surface area contributed by atoms with Gasteiger partial charge in [0.05, 0.1) is 23.3 Å². The van der Waals surface area contributed by atoms with Gasteiger partial charge in [-0.1, -0.05) is 26.0 Å². The number of anilines is 1. The fourth-order valence-corrected chi connectivity index (χ4v) is 3.50. The molecule has 1 aliphatic rings. The lowest BCUT2D eigenvalue weighted by molar-refractivity contribution is -0.189. The standard InChI is InChI=1S/C24H23F3N2O7/c1-11(2)19(28)22(33)35-10-4-9-29-13-7-8-15(36-23(34)24(25,26)27)18-17(13)21(32)16-12(20(18)31)5-3-6-14(16)30/h3,5-8,11,19,29-30H,4,9-10,28H2,1-2H3/t19-/m0/s1. The van der Waals surface area contributed by atoms with Gasteiger partial charge in [0.25, 0.3) is 0 Å². The Kier molecular flexibility index (Phi) is 7.68. The molecule has 12 heteroatoms. The number of fused-ring (bicyclic) bond motifs is 2. The van der Waals surface area contributed by atoms with Gasteiger partial charge >= 0.3 is 18.1 Å². The van der Waals surface area contributed by atoms with Crippen molar-refractivity contribution in [1.29, 1.82) is 0 Å². The van der Waals surface area contributed by atoms with Gasteiger partial charge in [0.1, 0.15) is 17.5 Å². The van der Waals surface area contributed by atoms with Crippen LogP contribution < -0.4 is 15.8 Å². The first kappa shape index (κ1) is 26.7. The molecule has 3 rings (SSSR count). The molecule has 0 bridgehead atoms. The summed E-state index contributed by atoms with van der Waals surface area (Å²) in [5.74, 6) is -6.25. The molecule has 0 aromatic heterocycles. The maximum Gasteiger partial charge on any atom is 0.491 e. The number of alkyl halides is 3. The van der Waals surface area contributed by atoms with E-state index in [9.17, 15) is 37.5 Å². The number of nitrogens with two attached hydrogens (primary N) is 1. The topological polar surface area (TPSA) is 145 Å². The first-order valence-corrected chi connectivity index (χ1v) is 10.9. The number of esters is 2. The number of carbonyl (C=O) groups is 4. The number of aromatic hydroxyl groups is 1. The predicted octanol–water partition coefficient (Wildman–Crippen LogP) is 2.96. The number of rotatable bonds is 8. The predicted molar refractivity (Wildman–Crippen MR) is 120 cm³/mol. The van der Waals surface area contributed by atoms with Crippen LogP contribution in [0.2, 0.25) is 0 Å². The molecule has 0 heterocycles. The molecule has 1 aliphatic carbocycles. The zero-order valence-corrected chi connectivity index (χ0v) is 19.3. The Bertz CT molecular complexity index is 1220. The highest BCUT2D eigenvalue weighted by Crippen LogP contribution is 2.40. The third kappa shape index (κ3) is 5.33. The first-order valence-electron chi connectivity index (χ1n) is 10.9. The average molecular weight is 508 g/mol. The number of phenols is 1. The van der Waals surface area contributed by atoms with E-state index in [0.717, 1.165) is 6.07 Å². The molecule has 4 N–H and O–H groups in total. The van der Waals surface area contributed by atoms with Crippen LogP contribution in [0.3, 0.4) is 0 Å². The van der Waals surface area contributed by atoms with Crippen molar-refractivity contribution in [3.63, 3.8) is 0 Å². The maximum atomic E-state index is 13.2. The molecule has 0 saturated heterocycles. The number of ether oxygens (including phenoxy) is 2. The van der Waals surface area contributed by atoms with Crippen LogP contribution in [-0.2, 0) is 14.3 Å². The zero-order valence-electron chi connectivity index (χ0n) is 19.3. The van der Waals surface area contributed by atoms with Gasteiger partial charge < -0.3 is 25.6 Å². The Balaban J connectivity index is 1.89. The summed E-state index contributed by atoms with van der Waals surface area (Å²) in [6.45, 7) is 3.65. The number of phenolic OH excluding ortho intramolecular Hbond substituents is 1. The van der Waals surface area contributed by atoms with Gasteiger partial charge in [-0.3, -0.25) is 14.4 Å². The molecule has 0 aliphatic heterocycles. The van der Waals surface area contributed by atoms with E-state index in [1.807, 2.05) is 0 Å². The summed E-state index contributed by atoms with van der Waals surface area (Å²) in [5.41, 5.74) is 4.28. The van der Waals surface area contributed by atoms with Crippen LogP contribution in [0.15, 0.2) is 30.3 Å².